The summed E-state index contributed by atoms with van der Waals surface area (Å²) < 4.78 is 0. The number of benzene rings is 1. The van der Waals surface area contributed by atoms with Crippen LogP contribution >= 0.6 is 0 Å². The number of piperidine rings is 1. The van der Waals surface area contributed by atoms with Crippen LogP contribution in [-0.2, 0) is 16.6 Å². The van der Waals surface area contributed by atoms with Crippen molar-refractivity contribution in [2.24, 2.45) is 5.92 Å². The van der Waals surface area contributed by atoms with E-state index in [4.69, 9.17) is 0 Å². The first kappa shape index (κ1) is 16.5. The molecule has 1 unspecified atom stereocenters. The van der Waals surface area contributed by atoms with Crippen molar-refractivity contribution >= 4 is 5.91 Å². The molecule has 1 heterocycles. The molecule has 0 saturated carbocycles. The van der Waals surface area contributed by atoms with Crippen LogP contribution in [0.1, 0.15) is 50.2 Å². The first-order valence-electron chi connectivity index (χ1n) is 9.17. The van der Waals surface area contributed by atoms with Gasteiger partial charge in [-0.05, 0) is 76.1 Å². The number of carbonyl (C=O) groups is 1. The number of likely N-dealkylation sites (tertiary alicyclic amines) is 1. The van der Waals surface area contributed by atoms with E-state index in [-0.39, 0.29) is 5.41 Å². The van der Waals surface area contributed by atoms with Crippen LogP contribution in [0.3, 0.4) is 0 Å². The fourth-order valence-electron chi connectivity index (χ4n) is 4.39. The lowest BCUT2D eigenvalue weighted by Crippen LogP contribution is -2.49. The van der Waals surface area contributed by atoms with E-state index in [9.17, 15) is 4.79 Å². The molecular weight excluding hydrogens is 284 g/mol. The molecule has 1 amide bonds. The Balaban J connectivity index is 1.69. The molecule has 2 aliphatic rings. The van der Waals surface area contributed by atoms with Gasteiger partial charge in [0, 0.05) is 13.1 Å². The lowest BCUT2D eigenvalue weighted by Gasteiger charge is -2.41. The average Bonchev–Trinajstić information content (AvgIpc) is 2.60. The molecule has 1 saturated heterocycles. The molecule has 0 spiro atoms. The van der Waals surface area contributed by atoms with Crippen molar-refractivity contribution in [2.75, 3.05) is 26.7 Å². The Morgan fingerprint density at radius 3 is 2.78 bits per heavy atom. The summed E-state index contributed by atoms with van der Waals surface area (Å²) in [6, 6.07) is 8.55. The number of aryl methyl sites for hydroxylation is 1. The third-order valence-electron chi connectivity index (χ3n) is 5.91. The number of fused-ring (bicyclic) bond motifs is 1. The molecule has 1 atom stereocenters. The smallest absolute Gasteiger partial charge is 0.232 e. The Kier molecular flexibility index (Phi) is 5.05. The van der Waals surface area contributed by atoms with Crippen molar-refractivity contribution in [2.45, 2.75) is 50.9 Å². The van der Waals surface area contributed by atoms with Crippen LogP contribution in [0.4, 0.5) is 0 Å². The normalized spacial score (nSPS) is 25.2. The van der Waals surface area contributed by atoms with Crippen molar-refractivity contribution in [3.8, 4) is 0 Å². The highest BCUT2D eigenvalue weighted by molar-refractivity contribution is 5.88. The number of rotatable bonds is 4. The minimum atomic E-state index is -0.313. The van der Waals surface area contributed by atoms with E-state index in [1.54, 1.807) is 0 Å². The average molecular weight is 314 g/mol. The number of nitrogens with one attached hydrogen (secondary N) is 1. The van der Waals surface area contributed by atoms with E-state index in [2.05, 4.69) is 41.4 Å². The second kappa shape index (κ2) is 7.04. The Morgan fingerprint density at radius 1 is 1.30 bits per heavy atom. The zero-order valence-corrected chi connectivity index (χ0v) is 14.6. The van der Waals surface area contributed by atoms with Gasteiger partial charge < -0.3 is 10.2 Å². The molecule has 1 aliphatic carbocycles. The molecule has 1 N–H and O–H groups in total. The highest BCUT2D eigenvalue weighted by Gasteiger charge is 2.41. The number of amides is 1. The molecule has 3 nitrogen and oxygen atoms in total. The summed E-state index contributed by atoms with van der Waals surface area (Å²) in [5.74, 6) is 1.13. The van der Waals surface area contributed by atoms with E-state index in [0.29, 0.717) is 5.91 Å². The molecule has 3 rings (SSSR count). The van der Waals surface area contributed by atoms with Gasteiger partial charge in [-0.3, -0.25) is 4.79 Å². The predicted octanol–water partition coefficient (Wildman–Crippen LogP) is 3.13. The summed E-state index contributed by atoms with van der Waals surface area (Å²) in [4.78, 5) is 15.4. The highest BCUT2D eigenvalue weighted by Crippen LogP contribution is 2.39. The summed E-state index contributed by atoms with van der Waals surface area (Å²) in [5.41, 5.74) is 2.33. The fraction of sp³-hybridized carbons (Fsp3) is 0.650. The SMILES string of the molecule is CNCCC1CCN(C(=O)C2(C)CCCc3ccccc32)CC1. The largest absolute Gasteiger partial charge is 0.342 e. The van der Waals surface area contributed by atoms with Crippen LogP contribution in [0.15, 0.2) is 24.3 Å². The Hall–Kier alpha value is -1.35. The van der Waals surface area contributed by atoms with Gasteiger partial charge in [-0.25, -0.2) is 0 Å². The summed E-state index contributed by atoms with van der Waals surface area (Å²) in [7, 11) is 2.01. The molecule has 23 heavy (non-hydrogen) atoms. The first-order chi connectivity index (χ1) is 11.1. The molecule has 1 aliphatic heterocycles. The predicted molar refractivity (Wildman–Crippen MR) is 94.6 cm³/mol. The van der Waals surface area contributed by atoms with Gasteiger partial charge in [-0.1, -0.05) is 24.3 Å². The number of hydrogen-bond donors (Lipinski definition) is 1. The van der Waals surface area contributed by atoms with Gasteiger partial charge in [0.2, 0.25) is 5.91 Å². The van der Waals surface area contributed by atoms with Crippen molar-refractivity contribution in [1.29, 1.82) is 0 Å². The van der Waals surface area contributed by atoms with Gasteiger partial charge in [0.1, 0.15) is 0 Å². The Morgan fingerprint density at radius 2 is 2.04 bits per heavy atom. The maximum Gasteiger partial charge on any atom is 0.232 e. The van der Waals surface area contributed by atoms with Crippen molar-refractivity contribution in [3.05, 3.63) is 35.4 Å². The monoisotopic (exact) mass is 314 g/mol. The van der Waals surface area contributed by atoms with E-state index >= 15 is 0 Å². The van der Waals surface area contributed by atoms with Gasteiger partial charge in [-0.15, -0.1) is 0 Å². The molecule has 3 heteroatoms. The molecule has 1 aromatic rings. The Bertz CT molecular complexity index is 548. The Labute approximate surface area is 140 Å². The minimum absolute atomic E-state index is 0.313. The van der Waals surface area contributed by atoms with Crippen LogP contribution in [0, 0.1) is 5.92 Å². The molecule has 1 aromatic carbocycles. The summed E-state index contributed by atoms with van der Waals surface area (Å²) >= 11 is 0. The standard InChI is InChI=1S/C20H30N2O/c1-20(12-5-7-17-6-3-4-8-18(17)20)19(23)22-14-10-16(11-15-22)9-13-21-2/h3-4,6,8,16,21H,5,7,9-15H2,1-2H3. The van der Waals surface area contributed by atoms with E-state index in [1.165, 1.54) is 17.5 Å². The summed E-state index contributed by atoms with van der Waals surface area (Å²) in [6.45, 7) is 5.13. The fourth-order valence-corrected chi connectivity index (χ4v) is 4.39. The lowest BCUT2D eigenvalue weighted by atomic mass is 9.70. The molecule has 0 radical (unpaired) electrons. The molecular formula is C20H30N2O. The third-order valence-corrected chi connectivity index (χ3v) is 5.91. The van der Waals surface area contributed by atoms with Crippen molar-refractivity contribution < 1.29 is 4.79 Å². The van der Waals surface area contributed by atoms with Crippen molar-refractivity contribution in [1.82, 2.24) is 10.2 Å². The number of hydrogen-bond acceptors (Lipinski definition) is 2. The molecule has 0 aromatic heterocycles. The second-order valence-corrected chi connectivity index (χ2v) is 7.47. The lowest BCUT2D eigenvalue weighted by molar-refractivity contribution is -0.139. The first-order valence-corrected chi connectivity index (χ1v) is 9.17. The van der Waals surface area contributed by atoms with E-state index < -0.39 is 0 Å². The zero-order valence-electron chi connectivity index (χ0n) is 14.6. The van der Waals surface area contributed by atoms with Gasteiger partial charge in [0.15, 0.2) is 0 Å². The van der Waals surface area contributed by atoms with Crippen LogP contribution < -0.4 is 5.32 Å². The summed E-state index contributed by atoms with van der Waals surface area (Å²) in [6.07, 6.45) is 6.78. The highest BCUT2D eigenvalue weighted by atomic mass is 16.2. The number of carbonyl (C=O) groups excluding carboxylic acids is 1. The quantitative estimate of drug-likeness (QED) is 0.926. The van der Waals surface area contributed by atoms with Crippen LogP contribution in [-0.4, -0.2) is 37.5 Å². The second-order valence-electron chi connectivity index (χ2n) is 7.47. The molecule has 0 bridgehead atoms. The third kappa shape index (κ3) is 3.30. The van der Waals surface area contributed by atoms with Crippen LogP contribution in [0.5, 0.6) is 0 Å². The minimum Gasteiger partial charge on any atom is -0.342 e. The zero-order chi connectivity index (χ0) is 16.3. The number of nitrogens with zero attached hydrogens (tertiary/aromatic N) is 1. The van der Waals surface area contributed by atoms with Gasteiger partial charge in [0.25, 0.3) is 0 Å². The van der Waals surface area contributed by atoms with Gasteiger partial charge in [-0.2, -0.15) is 0 Å². The molecule has 126 valence electrons. The van der Waals surface area contributed by atoms with Gasteiger partial charge >= 0.3 is 0 Å². The van der Waals surface area contributed by atoms with Crippen molar-refractivity contribution in [3.63, 3.8) is 0 Å². The summed E-state index contributed by atoms with van der Waals surface area (Å²) in [5, 5.41) is 3.24. The maximum absolute atomic E-state index is 13.3. The maximum atomic E-state index is 13.3. The van der Waals surface area contributed by atoms with Crippen LogP contribution in [0.2, 0.25) is 0 Å². The van der Waals surface area contributed by atoms with Gasteiger partial charge in [0.05, 0.1) is 5.41 Å². The van der Waals surface area contributed by atoms with E-state index in [0.717, 1.165) is 57.7 Å². The van der Waals surface area contributed by atoms with Crippen LogP contribution in [0.25, 0.3) is 0 Å². The van der Waals surface area contributed by atoms with E-state index in [1.807, 2.05) is 7.05 Å². The molecule has 1 fully saturated rings. The topological polar surface area (TPSA) is 32.3 Å².